The van der Waals surface area contributed by atoms with Crippen LogP contribution in [0.1, 0.15) is 71.6 Å². The zero-order valence-corrected chi connectivity index (χ0v) is 17.1. The van der Waals surface area contributed by atoms with Crippen molar-refractivity contribution < 1.29 is 5.11 Å². The number of hydrogen-bond donors (Lipinski definition) is 1. The first-order valence-corrected chi connectivity index (χ1v) is 11.3. The molecule has 0 bridgehead atoms. The van der Waals surface area contributed by atoms with Crippen LogP contribution in [0.3, 0.4) is 0 Å². The Labute approximate surface area is 165 Å². The Hall–Kier alpha value is -1.20. The van der Waals surface area contributed by atoms with Crippen LogP contribution >= 0.6 is 0 Å². The van der Waals surface area contributed by atoms with E-state index in [2.05, 4.69) is 36.8 Å². The lowest BCUT2D eigenvalue weighted by atomic mass is 9.47. The predicted molar refractivity (Wildman–Crippen MR) is 110 cm³/mol. The summed E-state index contributed by atoms with van der Waals surface area (Å²) in [5.74, 6) is 4.84. The van der Waals surface area contributed by atoms with E-state index in [4.69, 9.17) is 6.42 Å². The monoisotopic (exact) mass is 365 g/mol. The first kappa shape index (κ1) is 17.9. The largest absolute Gasteiger partial charge is 0.377 e. The number of fused-ring (bicyclic) bond motifs is 5. The zero-order valence-electron chi connectivity index (χ0n) is 17.1. The fraction of sp³-hybridized carbons (Fsp3) is 0.760. The van der Waals surface area contributed by atoms with Gasteiger partial charge in [0.1, 0.15) is 5.60 Å². The molecule has 1 N–H and O–H groups in total. The first-order valence-electron chi connectivity index (χ1n) is 11.3. The molecule has 4 aliphatic carbocycles. The number of terminal acetylenes is 1. The summed E-state index contributed by atoms with van der Waals surface area (Å²) in [5.41, 5.74) is 2.56. The molecule has 0 radical (unpaired) electrons. The molecule has 1 aliphatic heterocycles. The van der Waals surface area contributed by atoms with E-state index < -0.39 is 5.60 Å². The Kier molecular flexibility index (Phi) is 3.90. The van der Waals surface area contributed by atoms with Crippen molar-refractivity contribution in [3.05, 3.63) is 23.4 Å². The second-order valence-electron chi connectivity index (χ2n) is 10.5. The summed E-state index contributed by atoms with van der Waals surface area (Å²) in [6.07, 6.45) is 21.6. The Balaban J connectivity index is 1.46. The van der Waals surface area contributed by atoms with Crippen LogP contribution in [0.4, 0.5) is 0 Å². The van der Waals surface area contributed by atoms with E-state index in [1.54, 1.807) is 11.3 Å². The van der Waals surface area contributed by atoms with E-state index >= 15 is 0 Å². The highest BCUT2D eigenvalue weighted by Crippen LogP contribution is 2.66. The Bertz CT molecular complexity index is 738. The lowest BCUT2D eigenvalue weighted by Crippen LogP contribution is -2.53. The number of hydrogen-bond acceptors (Lipinski definition) is 2. The SMILES string of the molecule is C#C[C@]1(O)CC[C@H]2[C@@H]3CC=C4C=C(N5CCCC5)CC[C@]4(C)[C@H]3CC[C@@]21C. The molecular formula is C25H35NO. The van der Waals surface area contributed by atoms with Crippen molar-refractivity contribution in [2.45, 2.75) is 77.2 Å². The van der Waals surface area contributed by atoms with E-state index in [0.717, 1.165) is 25.2 Å². The van der Waals surface area contributed by atoms with Crippen LogP contribution in [0, 0.1) is 40.9 Å². The van der Waals surface area contributed by atoms with Gasteiger partial charge in [0, 0.05) is 24.2 Å². The molecule has 2 nitrogen and oxygen atoms in total. The predicted octanol–water partition coefficient (Wildman–Crippen LogP) is 4.90. The molecule has 6 atom stereocenters. The molecule has 2 heteroatoms. The minimum Gasteiger partial charge on any atom is -0.377 e. The molecule has 27 heavy (non-hydrogen) atoms. The standard InChI is InChI=1S/C25H35NO/c1-4-25(27)14-11-22-20-8-7-18-17-19(26-15-5-6-16-26)9-12-23(18,2)21(20)10-13-24(22,25)3/h1,7,17,20-22,27H,5-6,8-16H2,2-3H3/t20-,21+,22+,23+,24+,25+/m1/s1. The maximum absolute atomic E-state index is 11.1. The number of likely N-dealkylation sites (tertiary alicyclic amines) is 1. The van der Waals surface area contributed by atoms with Gasteiger partial charge in [0.2, 0.25) is 0 Å². The van der Waals surface area contributed by atoms with E-state index in [0.29, 0.717) is 17.3 Å². The maximum Gasteiger partial charge on any atom is 0.130 e. The smallest absolute Gasteiger partial charge is 0.130 e. The van der Waals surface area contributed by atoms with Gasteiger partial charge in [-0.05, 0) is 92.6 Å². The van der Waals surface area contributed by atoms with Gasteiger partial charge < -0.3 is 10.0 Å². The lowest BCUT2D eigenvalue weighted by molar-refractivity contribution is -0.0920. The number of aliphatic hydroxyl groups is 1. The van der Waals surface area contributed by atoms with E-state index in [-0.39, 0.29) is 5.41 Å². The van der Waals surface area contributed by atoms with Crippen molar-refractivity contribution in [3.8, 4) is 12.3 Å². The number of rotatable bonds is 1. The summed E-state index contributed by atoms with van der Waals surface area (Å²) >= 11 is 0. The zero-order chi connectivity index (χ0) is 18.9. The summed E-state index contributed by atoms with van der Waals surface area (Å²) in [4.78, 5) is 2.63. The molecule has 0 unspecified atom stereocenters. The maximum atomic E-state index is 11.1. The van der Waals surface area contributed by atoms with Crippen molar-refractivity contribution >= 4 is 0 Å². The van der Waals surface area contributed by atoms with Crippen LogP contribution in [0.5, 0.6) is 0 Å². The number of allylic oxidation sites excluding steroid dienone is 4. The highest BCUT2D eigenvalue weighted by molar-refractivity contribution is 5.37. The molecule has 1 heterocycles. The molecule has 0 aromatic rings. The van der Waals surface area contributed by atoms with E-state index in [9.17, 15) is 5.11 Å². The average Bonchev–Trinajstić information content (AvgIpc) is 3.28. The fourth-order valence-corrected chi connectivity index (χ4v) is 7.82. The molecular weight excluding hydrogens is 330 g/mol. The molecule has 5 aliphatic rings. The van der Waals surface area contributed by atoms with Crippen molar-refractivity contribution in [1.29, 1.82) is 0 Å². The van der Waals surface area contributed by atoms with Gasteiger partial charge in [-0.1, -0.05) is 25.8 Å². The van der Waals surface area contributed by atoms with Gasteiger partial charge in [0.15, 0.2) is 0 Å². The summed E-state index contributed by atoms with van der Waals surface area (Å²) in [6.45, 7) is 7.34. The molecule has 0 aromatic heterocycles. The molecule has 0 amide bonds. The highest BCUT2D eigenvalue weighted by atomic mass is 16.3. The average molecular weight is 366 g/mol. The second kappa shape index (κ2) is 5.90. The number of nitrogens with zero attached hydrogens (tertiary/aromatic N) is 1. The van der Waals surface area contributed by atoms with Crippen LogP contribution in [-0.2, 0) is 0 Å². The molecule has 5 rings (SSSR count). The molecule has 2 saturated carbocycles. The Morgan fingerprint density at radius 2 is 1.85 bits per heavy atom. The Morgan fingerprint density at radius 3 is 2.59 bits per heavy atom. The van der Waals surface area contributed by atoms with Crippen molar-refractivity contribution in [2.24, 2.45) is 28.6 Å². The molecule has 3 fully saturated rings. The summed E-state index contributed by atoms with van der Waals surface area (Å²) < 4.78 is 0. The van der Waals surface area contributed by atoms with Crippen LogP contribution < -0.4 is 0 Å². The third-order valence-corrected chi connectivity index (χ3v) is 9.65. The minimum atomic E-state index is -0.886. The molecule has 146 valence electrons. The van der Waals surface area contributed by atoms with Crippen LogP contribution in [-0.4, -0.2) is 28.7 Å². The fourth-order valence-electron chi connectivity index (χ4n) is 7.82. The highest BCUT2D eigenvalue weighted by Gasteiger charge is 2.63. The Morgan fingerprint density at radius 1 is 1.11 bits per heavy atom. The molecule has 1 saturated heterocycles. The molecule has 0 spiro atoms. The normalized spacial score (nSPS) is 48.8. The van der Waals surface area contributed by atoms with Gasteiger partial charge in [-0.15, -0.1) is 6.42 Å². The third-order valence-electron chi connectivity index (χ3n) is 9.65. The summed E-state index contributed by atoms with van der Waals surface area (Å²) in [7, 11) is 0. The van der Waals surface area contributed by atoms with Gasteiger partial charge in [-0.25, -0.2) is 0 Å². The quantitative estimate of drug-likeness (QED) is 0.668. The van der Waals surface area contributed by atoms with Gasteiger partial charge in [0.25, 0.3) is 0 Å². The van der Waals surface area contributed by atoms with Gasteiger partial charge in [-0.2, -0.15) is 0 Å². The molecule has 0 aromatic carbocycles. The van der Waals surface area contributed by atoms with Gasteiger partial charge in [0.05, 0.1) is 0 Å². The lowest BCUT2D eigenvalue weighted by Gasteiger charge is -2.57. The summed E-state index contributed by atoms with van der Waals surface area (Å²) in [6, 6.07) is 0. The van der Waals surface area contributed by atoms with Crippen molar-refractivity contribution in [1.82, 2.24) is 4.90 Å². The topological polar surface area (TPSA) is 23.5 Å². The van der Waals surface area contributed by atoms with E-state index in [1.807, 2.05) is 0 Å². The van der Waals surface area contributed by atoms with Crippen LogP contribution in [0.15, 0.2) is 23.4 Å². The minimum absolute atomic E-state index is 0.0875. The van der Waals surface area contributed by atoms with E-state index in [1.165, 1.54) is 51.6 Å². The first-order chi connectivity index (χ1) is 12.9. The summed E-state index contributed by atoms with van der Waals surface area (Å²) in [5, 5.41) is 11.1. The van der Waals surface area contributed by atoms with Crippen LogP contribution in [0.25, 0.3) is 0 Å². The van der Waals surface area contributed by atoms with Gasteiger partial charge in [-0.3, -0.25) is 0 Å². The van der Waals surface area contributed by atoms with Crippen molar-refractivity contribution in [3.63, 3.8) is 0 Å². The third kappa shape index (κ3) is 2.30. The van der Waals surface area contributed by atoms with Crippen molar-refractivity contribution in [2.75, 3.05) is 13.1 Å². The van der Waals surface area contributed by atoms with Crippen LogP contribution in [0.2, 0.25) is 0 Å². The van der Waals surface area contributed by atoms with Gasteiger partial charge >= 0.3 is 0 Å². The second-order valence-corrected chi connectivity index (χ2v) is 10.5.